The molecule has 1 heterocycles. The summed E-state index contributed by atoms with van der Waals surface area (Å²) >= 11 is 0. The molecule has 2 aromatic carbocycles. The third kappa shape index (κ3) is 7.16. The number of hydrogen-bond donors (Lipinski definition) is 1. The first-order valence-corrected chi connectivity index (χ1v) is 10.7. The van der Waals surface area contributed by atoms with Gasteiger partial charge in [-0.15, -0.1) is 6.58 Å². The van der Waals surface area contributed by atoms with Gasteiger partial charge in [0.05, 0.1) is 12.8 Å². The molecule has 0 spiro atoms. The molecule has 1 aromatic heterocycles. The third-order valence-electron chi connectivity index (χ3n) is 5.04. The van der Waals surface area contributed by atoms with Crippen molar-refractivity contribution in [2.24, 2.45) is 0 Å². The van der Waals surface area contributed by atoms with Gasteiger partial charge in [0, 0.05) is 19.6 Å². The Bertz CT molecular complexity index is 972. The van der Waals surface area contributed by atoms with E-state index in [4.69, 9.17) is 4.42 Å². The van der Waals surface area contributed by atoms with Crippen LogP contribution in [0.2, 0.25) is 0 Å². The van der Waals surface area contributed by atoms with Crippen molar-refractivity contribution in [3.63, 3.8) is 0 Å². The number of amides is 3. The maximum absolute atomic E-state index is 13.2. The Kier molecular flexibility index (Phi) is 8.69. The molecule has 166 valence electrons. The van der Waals surface area contributed by atoms with E-state index in [1.807, 2.05) is 66.7 Å². The highest BCUT2D eigenvalue weighted by Gasteiger charge is 2.21. The highest BCUT2D eigenvalue weighted by molar-refractivity contribution is 5.84. The van der Waals surface area contributed by atoms with E-state index in [9.17, 15) is 9.59 Å². The average molecular weight is 432 g/mol. The minimum Gasteiger partial charge on any atom is -0.467 e. The molecule has 0 saturated heterocycles. The van der Waals surface area contributed by atoms with Gasteiger partial charge in [0.2, 0.25) is 5.91 Å². The zero-order valence-corrected chi connectivity index (χ0v) is 18.2. The lowest BCUT2D eigenvalue weighted by molar-refractivity contribution is -0.132. The van der Waals surface area contributed by atoms with Crippen molar-refractivity contribution in [3.8, 4) is 0 Å². The van der Waals surface area contributed by atoms with Gasteiger partial charge in [-0.1, -0.05) is 66.7 Å². The van der Waals surface area contributed by atoms with E-state index in [1.54, 1.807) is 23.3 Å². The zero-order chi connectivity index (χ0) is 22.6. The normalized spacial score (nSPS) is 10.4. The maximum atomic E-state index is 13.2. The Balaban J connectivity index is 1.63. The van der Waals surface area contributed by atoms with Gasteiger partial charge >= 0.3 is 6.03 Å². The van der Waals surface area contributed by atoms with Gasteiger partial charge in [0.1, 0.15) is 12.3 Å². The summed E-state index contributed by atoms with van der Waals surface area (Å²) < 4.78 is 5.45. The first-order valence-electron chi connectivity index (χ1n) is 10.7. The largest absolute Gasteiger partial charge is 0.467 e. The summed E-state index contributed by atoms with van der Waals surface area (Å²) in [5.74, 6) is 0.559. The molecule has 0 radical (unpaired) electrons. The number of hydrogen-bond acceptors (Lipinski definition) is 3. The van der Waals surface area contributed by atoms with Crippen LogP contribution < -0.4 is 5.32 Å². The van der Waals surface area contributed by atoms with Crippen LogP contribution in [0, 0.1) is 0 Å². The predicted molar refractivity (Wildman–Crippen MR) is 125 cm³/mol. The molecule has 0 aliphatic rings. The number of carbonyl (C=O) groups is 2. The van der Waals surface area contributed by atoms with Crippen LogP contribution in [0.15, 0.2) is 96.1 Å². The van der Waals surface area contributed by atoms with Crippen molar-refractivity contribution < 1.29 is 14.0 Å². The summed E-state index contributed by atoms with van der Waals surface area (Å²) in [5.41, 5.74) is 2.14. The number of benzene rings is 2. The molecule has 3 amide bonds. The molecular formula is C26H29N3O3. The van der Waals surface area contributed by atoms with Crippen molar-refractivity contribution in [1.29, 1.82) is 0 Å². The van der Waals surface area contributed by atoms with Crippen molar-refractivity contribution in [2.75, 3.05) is 19.6 Å². The van der Waals surface area contributed by atoms with Crippen LogP contribution in [0.1, 0.15) is 16.9 Å². The summed E-state index contributed by atoms with van der Waals surface area (Å²) in [6, 6.07) is 23.0. The lowest BCUT2D eigenvalue weighted by Gasteiger charge is -2.27. The Hall–Kier alpha value is -3.80. The van der Waals surface area contributed by atoms with Crippen molar-refractivity contribution in [1.82, 2.24) is 15.1 Å². The van der Waals surface area contributed by atoms with E-state index >= 15 is 0 Å². The molecule has 0 atom stereocenters. The highest BCUT2D eigenvalue weighted by Crippen LogP contribution is 2.09. The van der Waals surface area contributed by atoms with E-state index in [-0.39, 0.29) is 25.0 Å². The van der Waals surface area contributed by atoms with Crippen LogP contribution >= 0.6 is 0 Å². The van der Waals surface area contributed by atoms with Gasteiger partial charge < -0.3 is 19.5 Å². The predicted octanol–water partition coefficient (Wildman–Crippen LogP) is 4.25. The van der Waals surface area contributed by atoms with Crippen LogP contribution in [0.5, 0.6) is 0 Å². The van der Waals surface area contributed by atoms with Gasteiger partial charge in [-0.05, 0) is 29.7 Å². The van der Waals surface area contributed by atoms with Gasteiger partial charge in [-0.3, -0.25) is 4.79 Å². The number of nitrogens with one attached hydrogen (secondary N) is 1. The Morgan fingerprint density at radius 1 is 0.906 bits per heavy atom. The third-order valence-corrected chi connectivity index (χ3v) is 5.04. The molecule has 0 saturated carbocycles. The van der Waals surface area contributed by atoms with Gasteiger partial charge in [-0.2, -0.15) is 0 Å². The fourth-order valence-electron chi connectivity index (χ4n) is 3.32. The van der Waals surface area contributed by atoms with Crippen LogP contribution in [-0.2, 0) is 24.3 Å². The second kappa shape index (κ2) is 12.2. The SMILES string of the molecule is C=CCN(CC(=O)N(CCc1ccccc1)Cc1ccco1)C(=O)NCc1ccccc1. The Morgan fingerprint density at radius 3 is 2.22 bits per heavy atom. The minimum absolute atomic E-state index is 0.0395. The number of carbonyl (C=O) groups excluding carboxylic acids is 2. The maximum Gasteiger partial charge on any atom is 0.318 e. The smallest absolute Gasteiger partial charge is 0.318 e. The van der Waals surface area contributed by atoms with Crippen LogP contribution in [0.4, 0.5) is 4.79 Å². The fraction of sp³-hybridized carbons (Fsp3) is 0.231. The van der Waals surface area contributed by atoms with E-state index in [0.29, 0.717) is 25.4 Å². The minimum atomic E-state index is -0.303. The topological polar surface area (TPSA) is 65.8 Å². The molecule has 0 aliphatic heterocycles. The zero-order valence-electron chi connectivity index (χ0n) is 18.2. The summed E-state index contributed by atoms with van der Waals surface area (Å²) in [6.45, 7) is 5.24. The molecule has 1 N–H and O–H groups in total. The standard InChI is InChI=1S/C26H29N3O3/c1-2-16-29(26(31)27-19-23-12-7-4-8-13-23)21-25(30)28(20-24-14-9-18-32-24)17-15-22-10-5-3-6-11-22/h2-14,18H,1,15-17,19-21H2,(H,27,31). The summed E-state index contributed by atoms with van der Waals surface area (Å²) in [4.78, 5) is 29.1. The lowest BCUT2D eigenvalue weighted by Crippen LogP contribution is -2.46. The van der Waals surface area contributed by atoms with Crippen molar-refractivity contribution >= 4 is 11.9 Å². The quantitative estimate of drug-likeness (QED) is 0.462. The van der Waals surface area contributed by atoms with E-state index < -0.39 is 0 Å². The first-order chi connectivity index (χ1) is 15.7. The van der Waals surface area contributed by atoms with Crippen LogP contribution in [0.25, 0.3) is 0 Å². The molecule has 0 bridgehead atoms. The number of urea groups is 1. The van der Waals surface area contributed by atoms with Crippen LogP contribution in [0.3, 0.4) is 0 Å². The molecule has 3 rings (SSSR count). The summed E-state index contributed by atoms with van der Waals surface area (Å²) in [7, 11) is 0. The van der Waals surface area contributed by atoms with E-state index in [2.05, 4.69) is 11.9 Å². The number of nitrogens with zero attached hydrogens (tertiary/aromatic N) is 2. The number of furan rings is 1. The first kappa shape index (κ1) is 22.9. The molecule has 3 aromatic rings. The molecule has 6 nitrogen and oxygen atoms in total. The molecule has 0 unspecified atom stereocenters. The van der Waals surface area contributed by atoms with E-state index in [1.165, 1.54) is 4.90 Å². The summed E-state index contributed by atoms with van der Waals surface area (Å²) in [6.07, 6.45) is 3.93. The van der Waals surface area contributed by atoms with Gasteiger partial charge in [0.15, 0.2) is 0 Å². The highest BCUT2D eigenvalue weighted by atomic mass is 16.3. The molecule has 6 heteroatoms. The second-order valence-electron chi connectivity index (χ2n) is 7.44. The van der Waals surface area contributed by atoms with E-state index in [0.717, 1.165) is 17.5 Å². The van der Waals surface area contributed by atoms with Crippen LogP contribution in [-0.4, -0.2) is 41.4 Å². The lowest BCUT2D eigenvalue weighted by atomic mass is 10.1. The van der Waals surface area contributed by atoms with Crippen molar-refractivity contribution in [2.45, 2.75) is 19.5 Å². The fourth-order valence-corrected chi connectivity index (χ4v) is 3.32. The monoisotopic (exact) mass is 431 g/mol. The van der Waals surface area contributed by atoms with Gasteiger partial charge in [-0.25, -0.2) is 4.79 Å². The molecule has 0 aliphatic carbocycles. The number of rotatable bonds is 11. The average Bonchev–Trinajstić information content (AvgIpc) is 3.34. The van der Waals surface area contributed by atoms with Gasteiger partial charge in [0.25, 0.3) is 0 Å². The molecule has 0 fully saturated rings. The Morgan fingerprint density at radius 2 is 1.59 bits per heavy atom. The molecular weight excluding hydrogens is 402 g/mol. The molecule has 32 heavy (non-hydrogen) atoms. The second-order valence-corrected chi connectivity index (χ2v) is 7.44. The Labute approximate surface area is 189 Å². The van der Waals surface area contributed by atoms with Crippen molar-refractivity contribution in [3.05, 3.63) is 109 Å². The summed E-state index contributed by atoms with van der Waals surface area (Å²) in [5, 5.41) is 2.88.